The summed E-state index contributed by atoms with van der Waals surface area (Å²) in [5, 5.41) is 6.64. The van der Waals surface area contributed by atoms with E-state index in [1.54, 1.807) is 6.92 Å². The van der Waals surface area contributed by atoms with E-state index in [-0.39, 0.29) is 5.91 Å². The van der Waals surface area contributed by atoms with E-state index in [1.165, 1.54) is 0 Å². The number of carbonyl (C=O) groups excluding carboxylic acids is 1. The third-order valence-corrected chi connectivity index (χ3v) is 3.01. The summed E-state index contributed by atoms with van der Waals surface area (Å²) in [6.45, 7) is 7.55. The lowest BCUT2D eigenvalue weighted by Crippen LogP contribution is -2.14. The van der Waals surface area contributed by atoms with Crippen molar-refractivity contribution < 1.29 is 9.32 Å². The molecule has 1 aromatic heterocycles. The average molecular weight is 244 g/mol. The van der Waals surface area contributed by atoms with E-state index in [0.29, 0.717) is 11.5 Å². The fraction of sp³-hybridized carbons (Fsp3) is 0.286. The van der Waals surface area contributed by atoms with Crippen molar-refractivity contribution in [3.8, 4) is 0 Å². The molecule has 1 N–H and O–H groups in total. The number of rotatable bonds is 2. The summed E-state index contributed by atoms with van der Waals surface area (Å²) < 4.78 is 5.00. The maximum absolute atomic E-state index is 12.1. The first kappa shape index (κ1) is 12.4. The molecule has 0 fully saturated rings. The van der Waals surface area contributed by atoms with Gasteiger partial charge in [0, 0.05) is 11.3 Å². The van der Waals surface area contributed by atoms with E-state index in [4.69, 9.17) is 4.52 Å². The van der Waals surface area contributed by atoms with Crippen molar-refractivity contribution in [3.63, 3.8) is 0 Å². The number of anilines is 1. The number of hydrogen-bond acceptors (Lipinski definition) is 3. The van der Waals surface area contributed by atoms with Crippen LogP contribution in [0.4, 0.5) is 5.69 Å². The largest absolute Gasteiger partial charge is 0.361 e. The maximum atomic E-state index is 12.1. The van der Waals surface area contributed by atoms with Gasteiger partial charge in [-0.25, -0.2) is 0 Å². The van der Waals surface area contributed by atoms with Crippen molar-refractivity contribution in [2.24, 2.45) is 0 Å². The van der Waals surface area contributed by atoms with Crippen LogP contribution in [0.25, 0.3) is 0 Å². The number of carbonyl (C=O) groups is 1. The molecule has 0 atom stereocenters. The predicted octanol–water partition coefficient (Wildman–Crippen LogP) is 3.16. The van der Waals surface area contributed by atoms with Crippen LogP contribution < -0.4 is 5.32 Å². The van der Waals surface area contributed by atoms with Crippen molar-refractivity contribution >= 4 is 11.6 Å². The molecule has 18 heavy (non-hydrogen) atoms. The molecule has 0 radical (unpaired) electrons. The van der Waals surface area contributed by atoms with Crippen LogP contribution in [0.2, 0.25) is 0 Å². The van der Waals surface area contributed by atoms with Crippen LogP contribution in [0.3, 0.4) is 0 Å². The molecule has 1 amide bonds. The summed E-state index contributed by atoms with van der Waals surface area (Å²) in [6.07, 6.45) is 0. The molecule has 0 spiro atoms. The highest BCUT2D eigenvalue weighted by Crippen LogP contribution is 2.18. The smallest absolute Gasteiger partial charge is 0.278 e. The van der Waals surface area contributed by atoms with E-state index >= 15 is 0 Å². The second-order valence-corrected chi connectivity index (χ2v) is 4.48. The third kappa shape index (κ3) is 2.27. The summed E-state index contributed by atoms with van der Waals surface area (Å²) in [7, 11) is 0. The normalized spacial score (nSPS) is 10.4. The van der Waals surface area contributed by atoms with Gasteiger partial charge in [-0.05, 0) is 44.9 Å². The number of aromatic nitrogens is 1. The number of nitrogens with zero attached hydrogens (tertiary/aromatic N) is 1. The molecule has 4 nitrogen and oxygen atoms in total. The Labute approximate surface area is 106 Å². The lowest BCUT2D eigenvalue weighted by atomic mass is 10.1. The summed E-state index contributed by atoms with van der Waals surface area (Å²) in [6, 6.07) is 5.93. The monoisotopic (exact) mass is 244 g/mol. The van der Waals surface area contributed by atoms with E-state index in [9.17, 15) is 4.79 Å². The number of nitrogens with one attached hydrogen (secondary N) is 1. The standard InChI is InChI=1S/C14H16N2O2/c1-8-5-6-9(2)12(7-8)15-14(17)13-10(3)11(4)18-16-13/h5-7H,1-4H3,(H,15,17). The summed E-state index contributed by atoms with van der Waals surface area (Å²) in [5.74, 6) is 0.430. The Hall–Kier alpha value is -2.10. The molecule has 0 saturated heterocycles. The van der Waals surface area contributed by atoms with E-state index < -0.39 is 0 Å². The van der Waals surface area contributed by atoms with Gasteiger partial charge in [0.25, 0.3) is 5.91 Å². The fourth-order valence-corrected chi connectivity index (χ4v) is 1.68. The second-order valence-electron chi connectivity index (χ2n) is 4.48. The molecule has 0 bridgehead atoms. The Bertz CT molecular complexity index is 600. The minimum Gasteiger partial charge on any atom is -0.361 e. The van der Waals surface area contributed by atoms with Crippen LogP contribution in [0.5, 0.6) is 0 Å². The molecule has 2 aromatic rings. The minimum atomic E-state index is -0.238. The van der Waals surface area contributed by atoms with Crippen LogP contribution in [-0.2, 0) is 0 Å². The van der Waals surface area contributed by atoms with Crippen molar-refractivity contribution in [1.29, 1.82) is 0 Å². The molecule has 4 heteroatoms. The van der Waals surface area contributed by atoms with Crippen LogP contribution >= 0.6 is 0 Å². The molecule has 1 aromatic carbocycles. The van der Waals surface area contributed by atoms with Crippen LogP contribution in [0, 0.1) is 27.7 Å². The van der Waals surface area contributed by atoms with Crippen LogP contribution in [0.1, 0.15) is 32.9 Å². The van der Waals surface area contributed by atoms with Gasteiger partial charge < -0.3 is 9.84 Å². The van der Waals surface area contributed by atoms with Gasteiger partial charge >= 0.3 is 0 Å². The Morgan fingerprint density at radius 2 is 1.94 bits per heavy atom. The Morgan fingerprint density at radius 1 is 1.22 bits per heavy atom. The first-order chi connectivity index (χ1) is 8.49. The molecule has 0 aliphatic rings. The molecule has 0 unspecified atom stereocenters. The molecule has 0 aliphatic heterocycles. The zero-order chi connectivity index (χ0) is 13.3. The summed E-state index contributed by atoms with van der Waals surface area (Å²) in [5.41, 5.74) is 4.04. The van der Waals surface area contributed by atoms with Gasteiger partial charge in [0.15, 0.2) is 5.69 Å². The molecular weight excluding hydrogens is 228 g/mol. The SMILES string of the molecule is Cc1ccc(C)c(NC(=O)c2noc(C)c2C)c1. The molecule has 0 aliphatic carbocycles. The van der Waals surface area contributed by atoms with Gasteiger partial charge in [-0.2, -0.15) is 0 Å². The number of benzene rings is 1. The number of aryl methyl sites for hydroxylation is 3. The first-order valence-corrected chi connectivity index (χ1v) is 5.80. The Morgan fingerprint density at radius 3 is 2.56 bits per heavy atom. The second kappa shape index (κ2) is 4.64. The van der Waals surface area contributed by atoms with Gasteiger partial charge in [0.1, 0.15) is 5.76 Å². The van der Waals surface area contributed by atoms with Crippen LogP contribution in [-0.4, -0.2) is 11.1 Å². The Balaban J connectivity index is 2.27. The highest BCUT2D eigenvalue weighted by molar-refractivity contribution is 6.04. The highest BCUT2D eigenvalue weighted by atomic mass is 16.5. The van der Waals surface area contributed by atoms with Gasteiger partial charge in [-0.15, -0.1) is 0 Å². The van der Waals surface area contributed by atoms with Crippen molar-refractivity contribution in [3.05, 3.63) is 46.3 Å². The lowest BCUT2D eigenvalue weighted by Gasteiger charge is -2.08. The third-order valence-electron chi connectivity index (χ3n) is 3.01. The molecular formula is C14H16N2O2. The molecule has 0 saturated carbocycles. The van der Waals surface area contributed by atoms with Crippen molar-refractivity contribution in [1.82, 2.24) is 5.16 Å². The van der Waals surface area contributed by atoms with Crippen molar-refractivity contribution in [2.45, 2.75) is 27.7 Å². The number of amides is 1. The highest BCUT2D eigenvalue weighted by Gasteiger charge is 2.17. The fourth-order valence-electron chi connectivity index (χ4n) is 1.68. The average Bonchev–Trinajstić information content (AvgIpc) is 2.65. The van der Waals surface area contributed by atoms with Gasteiger partial charge in [-0.1, -0.05) is 17.3 Å². The summed E-state index contributed by atoms with van der Waals surface area (Å²) >= 11 is 0. The molecule has 94 valence electrons. The van der Waals surface area contributed by atoms with Gasteiger partial charge in [0.2, 0.25) is 0 Å². The quantitative estimate of drug-likeness (QED) is 0.882. The topological polar surface area (TPSA) is 55.1 Å². The van der Waals surface area contributed by atoms with Crippen LogP contribution in [0.15, 0.2) is 22.7 Å². The molecule has 1 heterocycles. The molecule has 2 rings (SSSR count). The number of hydrogen-bond donors (Lipinski definition) is 1. The Kier molecular flexibility index (Phi) is 3.19. The van der Waals surface area contributed by atoms with Gasteiger partial charge in [-0.3, -0.25) is 4.79 Å². The van der Waals surface area contributed by atoms with E-state index in [1.807, 2.05) is 39.0 Å². The predicted molar refractivity (Wildman–Crippen MR) is 69.8 cm³/mol. The van der Waals surface area contributed by atoms with Crippen molar-refractivity contribution in [2.75, 3.05) is 5.32 Å². The zero-order valence-corrected chi connectivity index (χ0v) is 11.0. The van der Waals surface area contributed by atoms with Gasteiger partial charge in [0.05, 0.1) is 0 Å². The van der Waals surface area contributed by atoms with E-state index in [2.05, 4.69) is 10.5 Å². The minimum absolute atomic E-state index is 0.238. The first-order valence-electron chi connectivity index (χ1n) is 5.80. The lowest BCUT2D eigenvalue weighted by molar-refractivity contribution is 0.101. The zero-order valence-electron chi connectivity index (χ0n) is 11.0. The maximum Gasteiger partial charge on any atom is 0.278 e. The summed E-state index contributed by atoms with van der Waals surface area (Å²) in [4.78, 5) is 12.1. The van der Waals surface area contributed by atoms with E-state index in [0.717, 1.165) is 22.4 Å².